The second-order valence-electron chi connectivity index (χ2n) is 4.40. The van der Waals surface area contributed by atoms with E-state index in [0.717, 1.165) is 18.4 Å². The molecule has 1 fully saturated rings. The van der Waals surface area contributed by atoms with Gasteiger partial charge in [0, 0.05) is 6.42 Å². The van der Waals surface area contributed by atoms with Crippen LogP contribution in [0.4, 0.5) is 0 Å². The number of hydrogen-bond acceptors (Lipinski definition) is 3. The molecule has 2 rings (SSSR count). The monoisotopic (exact) mass is 253 g/mol. The minimum Gasteiger partial charge on any atom is -0.488 e. The summed E-state index contributed by atoms with van der Waals surface area (Å²) in [6.45, 7) is 2.25. The zero-order chi connectivity index (χ0) is 12.4. The van der Waals surface area contributed by atoms with Gasteiger partial charge in [-0.05, 0) is 44.0 Å². The highest BCUT2D eigenvalue weighted by molar-refractivity contribution is 6.32. The van der Waals surface area contributed by atoms with Crippen molar-refractivity contribution < 1.29 is 9.53 Å². The van der Waals surface area contributed by atoms with Crippen LogP contribution in [0.2, 0.25) is 5.02 Å². The topological polar surface area (TPSA) is 52.3 Å². The van der Waals surface area contributed by atoms with Crippen molar-refractivity contribution >= 4 is 17.4 Å². The lowest BCUT2D eigenvalue weighted by atomic mass is 10.0. The van der Waals surface area contributed by atoms with Crippen molar-refractivity contribution in [2.24, 2.45) is 5.73 Å². The van der Waals surface area contributed by atoms with E-state index in [1.54, 1.807) is 0 Å². The predicted octanol–water partition coefficient (Wildman–Crippen LogP) is 2.72. The summed E-state index contributed by atoms with van der Waals surface area (Å²) in [5, 5.41) is 0.511. The van der Waals surface area contributed by atoms with E-state index in [4.69, 9.17) is 22.1 Å². The third-order valence-electron chi connectivity index (χ3n) is 2.67. The van der Waals surface area contributed by atoms with Crippen molar-refractivity contribution in [3.63, 3.8) is 0 Å². The molecule has 0 saturated heterocycles. The van der Waals surface area contributed by atoms with Crippen molar-refractivity contribution in [2.45, 2.75) is 32.3 Å². The fourth-order valence-electron chi connectivity index (χ4n) is 1.67. The van der Waals surface area contributed by atoms with E-state index >= 15 is 0 Å². The first-order chi connectivity index (χ1) is 8.11. The van der Waals surface area contributed by atoms with Gasteiger partial charge in [-0.1, -0.05) is 11.6 Å². The van der Waals surface area contributed by atoms with Crippen molar-refractivity contribution in [1.29, 1.82) is 0 Å². The van der Waals surface area contributed by atoms with Gasteiger partial charge in [-0.2, -0.15) is 0 Å². The van der Waals surface area contributed by atoms with Gasteiger partial charge in [-0.25, -0.2) is 0 Å². The Labute approximate surface area is 106 Å². The molecule has 4 heteroatoms. The standard InChI is InChI=1S/C13H16ClNO2/c1-8-6-10(12(16)4-5-15)13(11(14)7-8)17-9-2-3-9/h6-7,9H,2-5,15H2,1H3. The second kappa shape index (κ2) is 5.07. The first kappa shape index (κ1) is 12.4. The Balaban J connectivity index is 2.34. The van der Waals surface area contributed by atoms with E-state index in [-0.39, 0.29) is 11.9 Å². The number of carbonyl (C=O) groups excluding carboxylic acids is 1. The molecule has 3 nitrogen and oxygen atoms in total. The summed E-state index contributed by atoms with van der Waals surface area (Å²) in [6, 6.07) is 3.64. The number of halogens is 1. The lowest BCUT2D eigenvalue weighted by Crippen LogP contribution is -2.11. The lowest BCUT2D eigenvalue weighted by Gasteiger charge is -2.13. The Hall–Kier alpha value is -1.06. The molecule has 0 heterocycles. The van der Waals surface area contributed by atoms with Crippen molar-refractivity contribution in [3.05, 3.63) is 28.3 Å². The van der Waals surface area contributed by atoms with Crippen LogP contribution in [-0.4, -0.2) is 18.4 Å². The average Bonchev–Trinajstić information content (AvgIpc) is 3.05. The van der Waals surface area contributed by atoms with E-state index in [1.807, 2.05) is 19.1 Å². The third kappa shape index (κ3) is 2.99. The Morgan fingerprint density at radius 3 is 2.82 bits per heavy atom. The Morgan fingerprint density at radius 2 is 2.24 bits per heavy atom. The summed E-state index contributed by atoms with van der Waals surface area (Å²) < 4.78 is 5.72. The number of aryl methyl sites for hydroxylation is 1. The smallest absolute Gasteiger partial charge is 0.167 e. The van der Waals surface area contributed by atoms with Gasteiger partial charge in [0.2, 0.25) is 0 Å². The number of carbonyl (C=O) groups is 1. The molecule has 0 bridgehead atoms. The van der Waals surface area contributed by atoms with Crippen LogP contribution in [0.3, 0.4) is 0 Å². The normalized spacial score (nSPS) is 14.8. The molecule has 1 aromatic rings. The summed E-state index contributed by atoms with van der Waals surface area (Å²) >= 11 is 6.14. The lowest BCUT2D eigenvalue weighted by molar-refractivity contribution is 0.0981. The molecule has 2 N–H and O–H groups in total. The zero-order valence-corrected chi connectivity index (χ0v) is 10.6. The third-order valence-corrected chi connectivity index (χ3v) is 2.95. The maximum Gasteiger partial charge on any atom is 0.167 e. The molecular weight excluding hydrogens is 238 g/mol. The van der Waals surface area contributed by atoms with Crippen molar-refractivity contribution in [1.82, 2.24) is 0 Å². The van der Waals surface area contributed by atoms with Crippen molar-refractivity contribution in [3.8, 4) is 5.75 Å². The van der Waals surface area contributed by atoms with Crippen LogP contribution in [-0.2, 0) is 0 Å². The molecule has 1 aliphatic rings. The Bertz CT molecular complexity index is 441. The molecule has 0 unspecified atom stereocenters. The van der Waals surface area contributed by atoms with E-state index in [1.165, 1.54) is 0 Å². The number of benzene rings is 1. The van der Waals surface area contributed by atoms with Gasteiger partial charge in [-0.3, -0.25) is 4.79 Å². The maximum absolute atomic E-state index is 12.0. The largest absolute Gasteiger partial charge is 0.488 e. The van der Waals surface area contributed by atoms with Gasteiger partial charge < -0.3 is 10.5 Å². The number of ether oxygens (including phenoxy) is 1. The molecule has 92 valence electrons. The molecule has 0 aliphatic heterocycles. The quantitative estimate of drug-likeness (QED) is 0.821. The number of Topliss-reactive ketones (excluding diaryl/α,β-unsaturated/α-hetero) is 1. The molecule has 1 aliphatic carbocycles. The molecule has 1 saturated carbocycles. The highest BCUT2D eigenvalue weighted by Crippen LogP contribution is 2.36. The van der Waals surface area contributed by atoms with E-state index in [0.29, 0.717) is 29.3 Å². The van der Waals surface area contributed by atoms with Crippen LogP contribution in [0.25, 0.3) is 0 Å². The van der Waals surface area contributed by atoms with E-state index in [2.05, 4.69) is 0 Å². The van der Waals surface area contributed by atoms with Gasteiger partial charge >= 0.3 is 0 Å². The molecule has 1 aromatic carbocycles. The second-order valence-corrected chi connectivity index (χ2v) is 4.81. The fourth-order valence-corrected chi connectivity index (χ4v) is 1.99. The summed E-state index contributed by atoms with van der Waals surface area (Å²) in [4.78, 5) is 12.0. The van der Waals surface area contributed by atoms with E-state index < -0.39 is 0 Å². The SMILES string of the molecule is Cc1cc(Cl)c(OC2CC2)c(C(=O)CCN)c1. The number of nitrogens with two attached hydrogens (primary N) is 1. The summed E-state index contributed by atoms with van der Waals surface area (Å²) in [5.74, 6) is 0.520. The van der Waals surface area contributed by atoms with Crippen LogP contribution in [0.1, 0.15) is 35.2 Å². The van der Waals surface area contributed by atoms with Crippen LogP contribution in [0.5, 0.6) is 5.75 Å². The Morgan fingerprint density at radius 1 is 1.53 bits per heavy atom. The highest BCUT2D eigenvalue weighted by atomic mass is 35.5. The highest BCUT2D eigenvalue weighted by Gasteiger charge is 2.27. The summed E-state index contributed by atoms with van der Waals surface area (Å²) in [5.41, 5.74) is 6.93. The van der Waals surface area contributed by atoms with Gasteiger partial charge in [0.1, 0.15) is 5.75 Å². The van der Waals surface area contributed by atoms with E-state index in [9.17, 15) is 4.79 Å². The molecule has 0 aromatic heterocycles. The molecule has 0 amide bonds. The number of ketones is 1. The molecule has 0 radical (unpaired) electrons. The average molecular weight is 254 g/mol. The Kier molecular flexibility index (Phi) is 3.69. The fraction of sp³-hybridized carbons (Fsp3) is 0.462. The van der Waals surface area contributed by atoms with Crippen molar-refractivity contribution in [2.75, 3.05) is 6.54 Å². The number of rotatable bonds is 5. The van der Waals surface area contributed by atoms with Gasteiger partial charge in [0.25, 0.3) is 0 Å². The van der Waals surface area contributed by atoms with Crippen LogP contribution in [0, 0.1) is 6.92 Å². The van der Waals surface area contributed by atoms with Gasteiger partial charge in [-0.15, -0.1) is 0 Å². The summed E-state index contributed by atoms with van der Waals surface area (Å²) in [6.07, 6.45) is 2.61. The molecule has 0 spiro atoms. The van der Waals surface area contributed by atoms with Crippen LogP contribution in [0.15, 0.2) is 12.1 Å². The molecular formula is C13H16ClNO2. The minimum absolute atomic E-state index is 0.00579. The predicted molar refractivity (Wildman–Crippen MR) is 67.8 cm³/mol. The molecule has 0 atom stereocenters. The van der Waals surface area contributed by atoms with Gasteiger partial charge in [0.05, 0.1) is 16.7 Å². The first-order valence-corrected chi connectivity index (χ1v) is 6.19. The summed E-state index contributed by atoms with van der Waals surface area (Å²) in [7, 11) is 0. The van der Waals surface area contributed by atoms with Crippen LogP contribution >= 0.6 is 11.6 Å². The molecule has 17 heavy (non-hydrogen) atoms. The van der Waals surface area contributed by atoms with Crippen LogP contribution < -0.4 is 10.5 Å². The minimum atomic E-state index is -0.00579. The first-order valence-electron chi connectivity index (χ1n) is 5.82. The number of hydrogen-bond donors (Lipinski definition) is 1. The maximum atomic E-state index is 12.0. The zero-order valence-electron chi connectivity index (χ0n) is 9.83. The van der Waals surface area contributed by atoms with Gasteiger partial charge in [0.15, 0.2) is 5.78 Å².